The number of benzene rings is 1. The molecular formula is C19H24BrN3O. The first-order chi connectivity index (χ1) is 11.4. The predicted molar refractivity (Wildman–Crippen MR) is 100 cm³/mol. The van der Waals surface area contributed by atoms with E-state index in [1.165, 1.54) is 11.3 Å². The van der Waals surface area contributed by atoms with Crippen molar-refractivity contribution in [2.75, 3.05) is 13.1 Å². The molecule has 1 aromatic carbocycles. The van der Waals surface area contributed by atoms with Crippen molar-refractivity contribution >= 4 is 22.0 Å². The third kappa shape index (κ3) is 3.36. The molecule has 0 saturated carbocycles. The highest BCUT2D eigenvalue weighted by atomic mass is 79.9. The zero-order valence-electron chi connectivity index (χ0n) is 14.4. The lowest BCUT2D eigenvalue weighted by atomic mass is 9.85. The smallest absolute Gasteiger partial charge is 0.318 e. The molecule has 1 aromatic heterocycles. The van der Waals surface area contributed by atoms with E-state index in [9.17, 15) is 4.79 Å². The normalized spacial score (nSPS) is 17.5. The Morgan fingerprint density at radius 3 is 2.67 bits per heavy atom. The van der Waals surface area contributed by atoms with Crippen molar-refractivity contribution < 1.29 is 4.79 Å². The second kappa shape index (κ2) is 6.63. The molecule has 0 bridgehead atoms. The van der Waals surface area contributed by atoms with Crippen LogP contribution in [0, 0.1) is 0 Å². The lowest BCUT2D eigenvalue weighted by Gasteiger charge is -2.36. The van der Waals surface area contributed by atoms with Crippen molar-refractivity contribution in [3.63, 3.8) is 0 Å². The van der Waals surface area contributed by atoms with Crippen molar-refractivity contribution in [2.45, 2.75) is 38.8 Å². The number of amides is 2. The number of rotatable bonds is 3. The summed E-state index contributed by atoms with van der Waals surface area (Å²) in [5.41, 5.74) is 2.30. The molecule has 0 radical (unpaired) electrons. The average molecular weight is 390 g/mol. The van der Waals surface area contributed by atoms with Crippen LogP contribution in [0.1, 0.15) is 38.1 Å². The molecule has 2 aromatic rings. The van der Waals surface area contributed by atoms with Crippen LogP contribution in [-0.2, 0) is 12.0 Å². The monoisotopic (exact) mass is 389 g/mol. The highest BCUT2D eigenvalue weighted by Crippen LogP contribution is 2.27. The fraction of sp³-hybridized carbons (Fsp3) is 0.421. The molecule has 128 valence electrons. The summed E-state index contributed by atoms with van der Waals surface area (Å²) in [7, 11) is 0. The molecule has 4 nitrogen and oxygen atoms in total. The number of carbonyl (C=O) groups is 1. The van der Waals surface area contributed by atoms with Crippen LogP contribution in [0.3, 0.4) is 0 Å². The fourth-order valence-electron chi connectivity index (χ4n) is 3.26. The van der Waals surface area contributed by atoms with Crippen molar-refractivity contribution in [1.29, 1.82) is 0 Å². The van der Waals surface area contributed by atoms with E-state index >= 15 is 0 Å². The van der Waals surface area contributed by atoms with Crippen LogP contribution in [-0.4, -0.2) is 28.6 Å². The minimum Gasteiger partial charge on any atom is -0.348 e. The van der Waals surface area contributed by atoms with Gasteiger partial charge in [0, 0.05) is 41.4 Å². The van der Waals surface area contributed by atoms with E-state index in [-0.39, 0.29) is 17.5 Å². The van der Waals surface area contributed by atoms with Crippen LogP contribution >= 0.6 is 15.9 Å². The average Bonchev–Trinajstić information content (AvgIpc) is 3.03. The maximum Gasteiger partial charge on any atom is 0.318 e. The maximum atomic E-state index is 12.7. The number of urea groups is 1. The van der Waals surface area contributed by atoms with Gasteiger partial charge in [-0.15, -0.1) is 0 Å². The van der Waals surface area contributed by atoms with Crippen LogP contribution in [0.25, 0.3) is 0 Å². The summed E-state index contributed by atoms with van der Waals surface area (Å²) < 4.78 is 3.29. The predicted octanol–water partition coefficient (Wildman–Crippen LogP) is 4.31. The van der Waals surface area contributed by atoms with Crippen molar-refractivity contribution in [3.05, 3.63) is 58.3 Å². The zero-order chi connectivity index (χ0) is 17.3. The summed E-state index contributed by atoms with van der Waals surface area (Å²) in [6.07, 6.45) is 2.08. The second-order valence-electron chi connectivity index (χ2n) is 7.05. The highest BCUT2D eigenvalue weighted by molar-refractivity contribution is 9.10. The molecule has 3 rings (SSSR count). The molecule has 0 spiro atoms. The van der Waals surface area contributed by atoms with E-state index in [2.05, 4.69) is 71.0 Å². The Morgan fingerprint density at radius 2 is 1.96 bits per heavy atom. The third-order valence-corrected chi connectivity index (χ3v) is 5.44. The summed E-state index contributed by atoms with van der Waals surface area (Å²) in [4.78, 5) is 14.6. The van der Waals surface area contributed by atoms with Crippen LogP contribution in [0.2, 0.25) is 0 Å². The number of carbonyl (C=O) groups excluding carboxylic acids is 1. The lowest BCUT2D eigenvalue weighted by Crippen LogP contribution is -2.48. The van der Waals surface area contributed by atoms with Gasteiger partial charge in [-0.25, -0.2) is 4.79 Å². The molecule has 0 saturated heterocycles. The van der Waals surface area contributed by atoms with Crippen LogP contribution in [0.5, 0.6) is 0 Å². The standard InChI is InChI=1S/C19H24BrN3O/c1-14-17-5-4-10-22(17)11-12-23(14)18(24)21-13-19(2,3)15-6-8-16(20)9-7-15/h4-10,14H,11-13H2,1-3H3,(H,21,24). The fourth-order valence-corrected chi connectivity index (χ4v) is 3.52. The van der Waals surface area contributed by atoms with E-state index in [1.54, 1.807) is 0 Å². The topological polar surface area (TPSA) is 37.3 Å². The number of nitrogens with one attached hydrogen (secondary N) is 1. The summed E-state index contributed by atoms with van der Waals surface area (Å²) in [5, 5.41) is 3.13. The van der Waals surface area contributed by atoms with E-state index in [1.807, 2.05) is 23.1 Å². The van der Waals surface area contributed by atoms with Crippen molar-refractivity contribution in [3.8, 4) is 0 Å². The molecule has 1 aliphatic heterocycles. The molecule has 0 fully saturated rings. The summed E-state index contributed by atoms with van der Waals surface area (Å²) in [6.45, 7) is 8.61. The van der Waals surface area contributed by atoms with E-state index < -0.39 is 0 Å². The van der Waals surface area contributed by atoms with Gasteiger partial charge in [0.1, 0.15) is 0 Å². The van der Waals surface area contributed by atoms with Gasteiger partial charge in [-0.3, -0.25) is 0 Å². The van der Waals surface area contributed by atoms with Gasteiger partial charge in [0.2, 0.25) is 0 Å². The Balaban J connectivity index is 1.64. The number of fused-ring (bicyclic) bond motifs is 1. The van der Waals surface area contributed by atoms with Gasteiger partial charge in [-0.2, -0.15) is 0 Å². The van der Waals surface area contributed by atoms with E-state index in [4.69, 9.17) is 0 Å². The maximum absolute atomic E-state index is 12.7. The van der Waals surface area contributed by atoms with Crippen LogP contribution in [0.4, 0.5) is 4.79 Å². The van der Waals surface area contributed by atoms with Gasteiger partial charge in [-0.1, -0.05) is 41.9 Å². The van der Waals surface area contributed by atoms with Gasteiger partial charge >= 0.3 is 6.03 Å². The van der Waals surface area contributed by atoms with Gasteiger partial charge in [0.15, 0.2) is 0 Å². The number of halogens is 1. The molecule has 1 unspecified atom stereocenters. The molecule has 1 aliphatic rings. The molecule has 1 atom stereocenters. The lowest BCUT2D eigenvalue weighted by molar-refractivity contribution is 0.160. The summed E-state index contributed by atoms with van der Waals surface area (Å²) >= 11 is 3.46. The minimum absolute atomic E-state index is 0.0140. The number of nitrogens with zero attached hydrogens (tertiary/aromatic N) is 2. The first-order valence-electron chi connectivity index (χ1n) is 8.34. The van der Waals surface area contributed by atoms with E-state index in [0.717, 1.165) is 17.6 Å². The Hall–Kier alpha value is -1.75. The Kier molecular flexibility index (Phi) is 4.72. The van der Waals surface area contributed by atoms with Gasteiger partial charge in [0.25, 0.3) is 0 Å². The van der Waals surface area contributed by atoms with Gasteiger partial charge in [0.05, 0.1) is 6.04 Å². The Labute approximate surface area is 152 Å². The first-order valence-corrected chi connectivity index (χ1v) is 9.13. The molecule has 1 N–H and O–H groups in total. The van der Waals surface area contributed by atoms with Crippen LogP contribution in [0.15, 0.2) is 47.1 Å². The molecule has 5 heteroatoms. The highest BCUT2D eigenvalue weighted by Gasteiger charge is 2.29. The van der Waals surface area contributed by atoms with Gasteiger partial charge < -0.3 is 14.8 Å². The van der Waals surface area contributed by atoms with Crippen molar-refractivity contribution in [2.24, 2.45) is 0 Å². The van der Waals surface area contributed by atoms with E-state index in [0.29, 0.717) is 6.54 Å². The van der Waals surface area contributed by atoms with Crippen LogP contribution < -0.4 is 5.32 Å². The quantitative estimate of drug-likeness (QED) is 0.833. The van der Waals surface area contributed by atoms with Gasteiger partial charge in [-0.05, 0) is 36.8 Å². The Bertz CT molecular complexity index is 720. The molecular weight excluding hydrogens is 366 g/mol. The summed E-state index contributed by atoms with van der Waals surface area (Å²) in [5.74, 6) is 0. The third-order valence-electron chi connectivity index (χ3n) is 4.91. The SMILES string of the molecule is CC1c2cccn2CCN1C(=O)NCC(C)(C)c1ccc(Br)cc1. The molecule has 0 aliphatic carbocycles. The Morgan fingerprint density at radius 1 is 1.25 bits per heavy atom. The second-order valence-corrected chi connectivity index (χ2v) is 7.96. The first kappa shape index (κ1) is 17.1. The number of aromatic nitrogens is 1. The number of hydrogen-bond acceptors (Lipinski definition) is 1. The molecule has 2 heterocycles. The largest absolute Gasteiger partial charge is 0.348 e. The van der Waals surface area contributed by atoms with Crippen molar-refractivity contribution in [1.82, 2.24) is 14.8 Å². The zero-order valence-corrected chi connectivity index (χ0v) is 16.0. The minimum atomic E-state index is -0.115. The molecule has 24 heavy (non-hydrogen) atoms. The summed E-state index contributed by atoms with van der Waals surface area (Å²) in [6, 6.07) is 12.5. The molecule has 2 amide bonds. The number of hydrogen-bond donors (Lipinski definition) is 1.